The number of rotatable bonds is 4. The number of amides is 1. The first-order valence-corrected chi connectivity index (χ1v) is 5.75. The lowest BCUT2D eigenvalue weighted by Crippen LogP contribution is -2.39. The van der Waals surface area contributed by atoms with Crippen LogP contribution in [0.4, 0.5) is 8.78 Å². The molecule has 0 radical (unpaired) electrons. The molecule has 1 amide bonds. The van der Waals surface area contributed by atoms with Gasteiger partial charge in [0, 0.05) is 4.47 Å². The van der Waals surface area contributed by atoms with E-state index >= 15 is 0 Å². The molecule has 0 unspecified atom stereocenters. The highest BCUT2D eigenvalue weighted by Gasteiger charge is 2.28. The molecule has 17 heavy (non-hydrogen) atoms. The van der Waals surface area contributed by atoms with Crippen molar-refractivity contribution in [2.45, 2.75) is 5.92 Å². The number of halogens is 4. The normalized spacial score (nSPS) is 11.4. The summed E-state index contributed by atoms with van der Waals surface area (Å²) in [5, 5.41) is 10.5. The third-order valence-corrected chi connectivity index (χ3v) is 2.73. The van der Waals surface area contributed by atoms with Gasteiger partial charge in [-0.1, -0.05) is 27.5 Å². The van der Waals surface area contributed by atoms with E-state index in [0.717, 1.165) is 0 Å². The standard InChI is InChI=1S/C10H9BrClF2NO2/c11-6-1-2-8(12)7(3-6)9(17)15-4-10(13,14)5-16/h1-3,16H,4-5H2,(H,15,17). The Morgan fingerprint density at radius 2 is 2.18 bits per heavy atom. The molecule has 0 saturated heterocycles. The number of benzene rings is 1. The van der Waals surface area contributed by atoms with Crippen molar-refractivity contribution in [3.05, 3.63) is 33.3 Å². The molecule has 0 fully saturated rings. The number of hydrogen-bond donors (Lipinski definition) is 2. The van der Waals surface area contributed by atoms with E-state index in [4.69, 9.17) is 16.7 Å². The first kappa shape index (κ1) is 14.3. The Morgan fingerprint density at radius 1 is 1.53 bits per heavy atom. The summed E-state index contributed by atoms with van der Waals surface area (Å²) in [7, 11) is 0. The predicted molar refractivity (Wildman–Crippen MR) is 63.5 cm³/mol. The van der Waals surface area contributed by atoms with Crippen LogP contribution in [0.1, 0.15) is 10.4 Å². The van der Waals surface area contributed by atoms with Crippen molar-refractivity contribution in [2.75, 3.05) is 13.2 Å². The van der Waals surface area contributed by atoms with Crippen molar-refractivity contribution in [3.8, 4) is 0 Å². The lowest BCUT2D eigenvalue weighted by atomic mass is 10.2. The number of carbonyl (C=O) groups is 1. The fourth-order valence-electron chi connectivity index (χ4n) is 1.03. The van der Waals surface area contributed by atoms with E-state index in [9.17, 15) is 13.6 Å². The van der Waals surface area contributed by atoms with Crippen LogP contribution < -0.4 is 5.32 Å². The lowest BCUT2D eigenvalue weighted by molar-refractivity contribution is -0.0462. The van der Waals surface area contributed by atoms with Crippen LogP contribution in [0, 0.1) is 0 Å². The van der Waals surface area contributed by atoms with Gasteiger partial charge in [0.25, 0.3) is 11.8 Å². The lowest BCUT2D eigenvalue weighted by Gasteiger charge is -2.14. The van der Waals surface area contributed by atoms with E-state index in [2.05, 4.69) is 15.9 Å². The molecule has 1 rings (SSSR count). The Kier molecular flexibility index (Phi) is 4.85. The molecule has 0 bridgehead atoms. The molecule has 0 heterocycles. The average Bonchev–Trinajstić information content (AvgIpc) is 2.29. The van der Waals surface area contributed by atoms with Crippen LogP contribution >= 0.6 is 27.5 Å². The Hall–Kier alpha value is -0.720. The Morgan fingerprint density at radius 3 is 2.76 bits per heavy atom. The fraction of sp³-hybridized carbons (Fsp3) is 0.300. The molecule has 2 N–H and O–H groups in total. The van der Waals surface area contributed by atoms with Crippen LogP contribution in [0.3, 0.4) is 0 Å². The fourth-order valence-corrected chi connectivity index (χ4v) is 1.60. The molecule has 94 valence electrons. The maximum atomic E-state index is 12.7. The number of aliphatic hydroxyl groups is 1. The van der Waals surface area contributed by atoms with Crippen molar-refractivity contribution in [2.24, 2.45) is 0 Å². The predicted octanol–water partition coefficient (Wildman–Crippen LogP) is 2.46. The summed E-state index contributed by atoms with van der Waals surface area (Å²) in [6.45, 7) is -2.26. The van der Waals surface area contributed by atoms with Crippen LogP contribution in [0.5, 0.6) is 0 Å². The molecular weight excluding hydrogens is 319 g/mol. The third kappa shape index (κ3) is 4.22. The maximum Gasteiger partial charge on any atom is 0.287 e. The van der Waals surface area contributed by atoms with E-state index in [1.807, 2.05) is 5.32 Å². The largest absolute Gasteiger partial charge is 0.390 e. The summed E-state index contributed by atoms with van der Waals surface area (Å²) in [6.07, 6.45) is 0. The number of carbonyl (C=O) groups excluding carboxylic acids is 1. The van der Waals surface area contributed by atoms with Gasteiger partial charge in [-0.25, -0.2) is 8.78 Å². The third-order valence-electron chi connectivity index (χ3n) is 1.91. The Labute approximate surface area is 110 Å². The van der Waals surface area contributed by atoms with Gasteiger partial charge in [-0.2, -0.15) is 0 Å². The first-order chi connectivity index (χ1) is 7.85. The molecule has 3 nitrogen and oxygen atoms in total. The van der Waals surface area contributed by atoms with Gasteiger partial charge in [0.1, 0.15) is 6.61 Å². The Bertz CT molecular complexity index is 429. The number of alkyl halides is 2. The molecule has 0 aromatic heterocycles. The molecule has 0 atom stereocenters. The zero-order chi connectivity index (χ0) is 13.1. The van der Waals surface area contributed by atoms with Gasteiger partial charge >= 0.3 is 0 Å². The second kappa shape index (κ2) is 5.75. The molecule has 0 aliphatic carbocycles. The molecule has 0 spiro atoms. The van der Waals surface area contributed by atoms with Crippen LogP contribution in [-0.2, 0) is 0 Å². The van der Waals surface area contributed by atoms with E-state index in [0.29, 0.717) is 4.47 Å². The first-order valence-electron chi connectivity index (χ1n) is 4.57. The minimum atomic E-state index is -3.34. The monoisotopic (exact) mass is 327 g/mol. The summed E-state index contributed by atoms with van der Waals surface area (Å²) in [6, 6.07) is 4.53. The van der Waals surface area contributed by atoms with Crippen LogP contribution in [0.2, 0.25) is 5.02 Å². The van der Waals surface area contributed by atoms with Crippen LogP contribution in [0.15, 0.2) is 22.7 Å². The van der Waals surface area contributed by atoms with Crippen molar-refractivity contribution in [3.63, 3.8) is 0 Å². The van der Waals surface area contributed by atoms with Crippen molar-refractivity contribution in [1.82, 2.24) is 5.32 Å². The quantitative estimate of drug-likeness (QED) is 0.892. The van der Waals surface area contributed by atoms with E-state index in [1.165, 1.54) is 12.1 Å². The van der Waals surface area contributed by atoms with Gasteiger partial charge in [-0.15, -0.1) is 0 Å². The Balaban J connectivity index is 2.74. The molecule has 0 aliphatic rings. The average molecular weight is 329 g/mol. The summed E-state index contributed by atoms with van der Waals surface area (Å²) >= 11 is 8.90. The summed E-state index contributed by atoms with van der Waals surface area (Å²) in [5.74, 6) is -4.06. The summed E-state index contributed by atoms with van der Waals surface area (Å²) < 4.78 is 26.0. The second-order valence-corrected chi connectivity index (χ2v) is 4.64. The number of nitrogens with one attached hydrogen (secondary N) is 1. The minimum absolute atomic E-state index is 0.0924. The maximum absolute atomic E-state index is 12.7. The van der Waals surface area contributed by atoms with Gasteiger partial charge in [0.05, 0.1) is 17.1 Å². The van der Waals surface area contributed by atoms with Gasteiger partial charge in [-0.3, -0.25) is 4.79 Å². The number of hydrogen-bond acceptors (Lipinski definition) is 2. The van der Waals surface area contributed by atoms with E-state index in [-0.39, 0.29) is 10.6 Å². The van der Waals surface area contributed by atoms with Crippen LogP contribution in [-0.4, -0.2) is 30.1 Å². The van der Waals surface area contributed by atoms with Gasteiger partial charge in [-0.05, 0) is 18.2 Å². The smallest absolute Gasteiger partial charge is 0.287 e. The SMILES string of the molecule is O=C(NCC(F)(F)CO)c1cc(Br)ccc1Cl. The highest BCUT2D eigenvalue weighted by molar-refractivity contribution is 9.10. The zero-order valence-corrected chi connectivity index (χ0v) is 10.9. The van der Waals surface area contributed by atoms with Crippen molar-refractivity contribution < 1.29 is 18.7 Å². The number of aliphatic hydroxyl groups excluding tert-OH is 1. The molecular formula is C10H9BrClF2NO2. The molecule has 1 aromatic carbocycles. The summed E-state index contributed by atoms with van der Waals surface area (Å²) in [4.78, 5) is 11.5. The second-order valence-electron chi connectivity index (χ2n) is 3.32. The highest BCUT2D eigenvalue weighted by atomic mass is 79.9. The van der Waals surface area contributed by atoms with E-state index in [1.54, 1.807) is 6.07 Å². The molecule has 7 heteroatoms. The highest BCUT2D eigenvalue weighted by Crippen LogP contribution is 2.21. The van der Waals surface area contributed by atoms with E-state index < -0.39 is 25.0 Å². The molecule has 0 saturated carbocycles. The molecule has 0 aliphatic heterocycles. The van der Waals surface area contributed by atoms with Gasteiger partial charge < -0.3 is 10.4 Å². The topological polar surface area (TPSA) is 49.3 Å². The van der Waals surface area contributed by atoms with Gasteiger partial charge in [0.15, 0.2) is 0 Å². The zero-order valence-electron chi connectivity index (χ0n) is 8.51. The van der Waals surface area contributed by atoms with Crippen molar-refractivity contribution >= 4 is 33.4 Å². The summed E-state index contributed by atoms with van der Waals surface area (Å²) in [5.41, 5.74) is 0.0924. The van der Waals surface area contributed by atoms with Crippen molar-refractivity contribution in [1.29, 1.82) is 0 Å². The van der Waals surface area contributed by atoms with Crippen LogP contribution in [0.25, 0.3) is 0 Å². The van der Waals surface area contributed by atoms with Gasteiger partial charge in [0.2, 0.25) is 0 Å². The minimum Gasteiger partial charge on any atom is -0.390 e. The molecule has 1 aromatic rings.